The lowest BCUT2D eigenvalue weighted by Crippen LogP contribution is -2.25. The quantitative estimate of drug-likeness (QED) is 0.311. The first kappa shape index (κ1) is 33.0. The zero-order valence-electron chi connectivity index (χ0n) is 22.0. The van der Waals surface area contributed by atoms with Crippen LogP contribution < -0.4 is 0 Å². The first-order valence-electron chi connectivity index (χ1n) is 13.6. The molecule has 0 saturated carbocycles. The number of esters is 4. The van der Waals surface area contributed by atoms with Crippen LogP contribution in [0.15, 0.2) is 12.2 Å². The number of hydrogen-bond acceptors (Lipinski definition) is 10. The Morgan fingerprint density at radius 2 is 1.08 bits per heavy atom. The molecule has 1 unspecified atom stereocenters. The highest BCUT2D eigenvalue weighted by atomic mass is 32.2. The number of aliphatic hydroxyl groups is 1. The number of carbonyl (C=O) groups excluding carboxylic acids is 4. The van der Waals surface area contributed by atoms with Crippen LogP contribution in [0.3, 0.4) is 0 Å². The molecule has 0 spiro atoms. The van der Waals surface area contributed by atoms with Crippen molar-refractivity contribution in [3.63, 3.8) is 0 Å². The van der Waals surface area contributed by atoms with Crippen molar-refractivity contribution in [2.24, 2.45) is 0 Å². The molecule has 0 aromatic rings. The maximum absolute atomic E-state index is 12.5. The van der Waals surface area contributed by atoms with Gasteiger partial charge >= 0.3 is 23.9 Å². The molecule has 1 aliphatic heterocycles. The molecule has 0 aromatic heterocycles. The van der Waals surface area contributed by atoms with Crippen molar-refractivity contribution in [1.82, 2.24) is 0 Å². The maximum atomic E-state index is 12.5. The lowest BCUT2D eigenvalue weighted by atomic mass is 10.1. The fourth-order valence-corrected chi connectivity index (χ4v) is 4.60. The minimum Gasteiger partial charge on any atom is -0.466 e. The molecular formula is C27H44O9S. The van der Waals surface area contributed by atoms with Gasteiger partial charge in [0.15, 0.2) is 0 Å². The van der Waals surface area contributed by atoms with Crippen molar-refractivity contribution in [3.05, 3.63) is 12.2 Å². The minimum atomic E-state index is -0.627. The molecule has 0 aromatic carbocycles. The molecule has 0 radical (unpaired) electrons. The van der Waals surface area contributed by atoms with Crippen LogP contribution in [0, 0.1) is 0 Å². The van der Waals surface area contributed by atoms with Crippen LogP contribution in [0.4, 0.5) is 0 Å². The number of ether oxygens (including phenoxy) is 4. The number of aliphatic hydroxyl groups excluding tert-OH is 1. The highest BCUT2D eigenvalue weighted by Crippen LogP contribution is 2.19. The van der Waals surface area contributed by atoms with E-state index in [0.29, 0.717) is 38.6 Å². The molecule has 1 rings (SSSR count). The lowest BCUT2D eigenvalue weighted by Gasteiger charge is -2.15. The molecule has 0 saturated heterocycles. The van der Waals surface area contributed by atoms with Gasteiger partial charge in [-0.25, -0.2) is 9.59 Å². The van der Waals surface area contributed by atoms with Crippen LogP contribution >= 0.6 is 11.8 Å². The molecule has 0 fully saturated rings. The predicted molar refractivity (Wildman–Crippen MR) is 141 cm³/mol. The summed E-state index contributed by atoms with van der Waals surface area (Å²) in [5.74, 6) is -1.35. The molecular weight excluding hydrogens is 500 g/mol. The highest BCUT2D eigenvalue weighted by Gasteiger charge is 2.24. The Bertz CT molecular complexity index is 681. The second kappa shape index (κ2) is 23.1. The normalized spacial score (nSPS) is 22.9. The van der Waals surface area contributed by atoms with Gasteiger partial charge in [0.2, 0.25) is 0 Å². The SMILES string of the molecule is O=C1/C=C/C(=O)OCCCCCCCCOC(=O)C(SCCCO)CC(=O)OCCCCCCCCO1. The van der Waals surface area contributed by atoms with Gasteiger partial charge in [-0.05, 0) is 37.9 Å². The molecule has 9 nitrogen and oxygen atoms in total. The second-order valence-electron chi connectivity index (χ2n) is 8.94. The van der Waals surface area contributed by atoms with E-state index in [9.17, 15) is 19.2 Å². The van der Waals surface area contributed by atoms with E-state index in [1.165, 1.54) is 11.8 Å². The highest BCUT2D eigenvalue weighted by molar-refractivity contribution is 8.00. The first-order valence-corrected chi connectivity index (χ1v) is 14.6. The third kappa shape index (κ3) is 19.7. The molecule has 10 heteroatoms. The number of cyclic esters (lactones) is 4. The summed E-state index contributed by atoms with van der Waals surface area (Å²) in [6, 6.07) is 0. The van der Waals surface area contributed by atoms with Gasteiger partial charge in [-0.15, -0.1) is 11.8 Å². The van der Waals surface area contributed by atoms with E-state index in [4.69, 9.17) is 24.1 Å². The van der Waals surface area contributed by atoms with Crippen molar-refractivity contribution in [2.45, 2.75) is 95.1 Å². The second-order valence-corrected chi connectivity index (χ2v) is 10.3. The molecule has 212 valence electrons. The zero-order chi connectivity index (χ0) is 27.0. The van der Waals surface area contributed by atoms with Gasteiger partial charge in [0, 0.05) is 18.8 Å². The van der Waals surface area contributed by atoms with Crippen molar-refractivity contribution >= 4 is 35.6 Å². The number of carbonyl (C=O) groups is 4. The van der Waals surface area contributed by atoms with E-state index >= 15 is 0 Å². The van der Waals surface area contributed by atoms with Gasteiger partial charge in [-0.2, -0.15) is 0 Å². The van der Waals surface area contributed by atoms with Gasteiger partial charge in [0.1, 0.15) is 5.25 Å². The summed E-state index contributed by atoms with van der Waals surface area (Å²) in [6.07, 6.45) is 13.2. The van der Waals surface area contributed by atoms with Gasteiger partial charge in [0.05, 0.1) is 32.8 Å². The maximum Gasteiger partial charge on any atom is 0.331 e. The van der Waals surface area contributed by atoms with Crippen LogP contribution in [-0.2, 0) is 38.1 Å². The Kier molecular flexibility index (Phi) is 20.6. The van der Waals surface area contributed by atoms with Crippen molar-refractivity contribution in [3.8, 4) is 0 Å². The van der Waals surface area contributed by atoms with E-state index < -0.39 is 29.1 Å². The van der Waals surface area contributed by atoms with E-state index in [1.54, 1.807) is 0 Å². The Morgan fingerprint density at radius 3 is 1.57 bits per heavy atom. The van der Waals surface area contributed by atoms with Crippen molar-refractivity contribution < 1.29 is 43.2 Å². The zero-order valence-corrected chi connectivity index (χ0v) is 22.8. The average Bonchev–Trinajstić information content (AvgIpc) is 2.88. The molecule has 1 aliphatic rings. The lowest BCUT2D eigenvalue weighted by molar-refractivity contribution is -0.149. The molecule has 1 N–H and O–H groups in total. The summed E-state index contributed by atoms with van der Waals surface area (Å²) in [5.41, 5.74) is 0. The topological polar surface area (TPSA) is 125 Å². The average molecular weight is 545 g/mol. The van der Waals surface area contributed by atoms with Crippen molar-refractivity contribution in [2.75, 3.05) is 38.8 Å². The smallest absolute Gasteiger partial charge is 0.331 e. The van der Waals surface area contributed by atoms with Gasteiger partial charge in [-0.3, -0.25) is 9.59 Å². The molecule has 37 heavy (non-hydrogen) atoms. The van der Waals surface area contributed by atoms with Gasteiger partial charge < -0.3 is 24.1 Å². The Balaban J connectivity index is 2.48. The number of hydrogen-bond donors (Lipinski definition) is 1. The third-order valence-corrected chi connectivity index (χ3v) is 6.95. The van der Waals surface area contributed by atoms with Crippen LogP contribution in [0.2, 0.25) is 0 Å². The molecule has 0 bridgehead atoms. The molecule has 1 atom stereocenters. The van der Waals surface area contributed by atoms with Gasteiger partial charge in [0.25, 0.3) is 0 Å². The molecule has 0 aliphatic carbocycles. The van der Waals surface area contributed by atoms with E-state index in [2.05, 4.69) is 0 Å². The fraction of sp³-hybridized carbons (Fsp3) is 0.778. The standard InChI is InChI=1S/C27H44O9S/c28-16-13-21-37-23-22-26(31)35-19-11-7-2-1-5-9-17-33-24(29)14-15-25(30)34-18-10-6-3-4-8-12-20-36-27(23)32/h14-15,23,28H,1-13,16-22H2/b15-14+. The van der Waals surface area contributed by atoms with Gasteiger partial charge in [-0.1, -0.05) is 51.4 Å². The summed E-state index contributed by atoms with van der Waals surface area (Å²) in [7, 11) is 0. The summed E-state index contributed by atoms with van der Waals surface area (Å²) in [6.45, 7) is 1.25. The van der Waals surface area contributed by atoms with Crippen LogP contribution in [-0.4, -0.2) is 73.0 Å². The first-order chi connectivity index (χ1) is 18.0. The van der Waals surface area contributed by atoms with E-state index in [-0.39, 0.29) is 13.0 Å². The molecule has 1 heterocycles. The monoisotopic (exact) mass is 544 g/mol. The minimum absolute atomic E-state index is 0.0316. The van der Waals surface area contributed by atoms with Crippen LogP contribution in [0.1, 0.15) is 89.9 Å². The molecule has 0 amide bonds. The largest absolute Gasteiger partial charge is 0.466 e. The van der Waals surface area contributed by atoms with E-state index in [1.807, 2.05) is 0 Å². The van der Waals surface area contributed by atoms with Crippen LogP contribution in [0.5, 0.6) is 0 Å². The summed E-state index contributed by atoms with van der Waals surface area (Å²) in [5, 5.41) is 8.40. The fourth-order valence-electron chi connectivity index (χ4n) is 3.56. The number of rotatable bonds is 4. The summed E-state index contributed by atoms with van der Waals surface area (Å²) < 4.78 is 20.9. The number of thioether (sulfide) groups is 1. The third-order valence-electron chi connectivity index (χ3n) is 5.67. The van der Waals surface area contributed by atoms with E-state index in [0.717, 1.165) is 89.2 Å². The Morgan fingerprint density at radius 1 is 0.649 bits per heavy atom. The van der Waals surface area contributed by atoms with Crippen LogP contribution in [0.25, 0.3) is 0 Å². The Hall–Kier alpha value is -2.07. The summed E-state index contributed by atoms with van der Waals surface area (Å²) in [4.78, 5) is 48.1. The van der Waals surface area contributed by atoms with Crippen molar-refractivity contribution in [1.29, 1.82) is 0 Å². The summed E-state index contributed by atoms with van der Waals surface area (Å²) >= 11 is 1.32. The Labute approximate surface area is 225 Å². The predicted octanol–water partition coefficient (Wildman–Crippen LogP) is 4.28.